The van der Waals surface area contributed by atoms with E-state index in [4.69, 9.17) is 10.8 Å². The molecule has 80 valence electrons. The summed E-state index contributed by atoms with van der Waals surface area (Å²) < 4.78 is 23.3. The SMILES string of the molecule is NC(CO)C1=CS(=O)(=O)c2ccccc21. The van der Waals surface area contributed by atoms with Gasteiger partial charge in [-0.3, -0.25) is 0 Å². The molecular formula is C10H11NO3S. The quantitative estimate of drug-likeness (QED) is 0.750. The molecule has 15 heavy (non-hydrogen) atoms. The third kappa shape index (κ3) is 1.58. The fourth-order valence-corrected chi connectivity index (χ4v) is 3.16. The maximum Gasteiger partial charge on any atom is 0.200 e. The Bertz CT molecular complexity index is 519. The summed E-state index contributed by atoms with van der Waals surface area (Å²) in [5, 5.41) is 10.1. The lowest BCUT2D eigenvalue weighted by molar-refractivity contribution is 0.287. The molecule has 0 aliphatic carbocycles. The molecule has 1 aliphatic heterocycles. The molecule has 0 bridgehead atoms. The summed E-state index contributed by atoms with van der Waals surface area (Å²) in [5.41, 5.74) is 6.71. The van der Waals surface area contributed by atoms with Crippen molar-refractivity contribution in [1.29, 1.82) is 0 Å². The monoisotopic (exact) mass is 225 g/mol. The normalized spacial score (nSPS) is 19.5. The first-order chi connectivity index (χ1) is 7.06. The fourth-order valence-electron chi connectivity index (χ4n) is 1.63. The summed E-state index contributed by atoms with van der Waals surface area (Å²) in [6.45, 7) is -0.268. The van der Waals surface area contributed by atoms with Gasteiger partial charge >= 0.3 is 0 Å². The minimum atomic E-state index is -3.36. The van der Waals surface area contributed by atoms with Gasteiger partial charge in [0, 0.05) is 5.41 Å². The fraction of sp³-hybridized carbons (Fsp3) is 0.200. The Hall–Kier alpha value is -1.17. The number of hydrogen-bond donors (Lipinski definition) is 2. The zero-order valence-electron chi connectivity index (χ0n) is 7.92. The Morgan fingerprint density at radius 1 is 1.33 bits per heavy atom. The van der Waals surface area contributed by atoms with Crippen LogP contribution in [-0.4, -0.2) is 26.2 Å². The Morgan fingerprint density at radius 2 is 2.00 bits per heavy atom. The number of nitrogens with two attached hydrogens (primary N) is 1. The van der Waals surface area contributed by atoms with Crippen molar-refractivity contribution in [2.75, 3.05) is 6.61 Å². The van der Waals surface area contributed by atoms with Crippen molar-refractivity contribution in [1.82, 2.24) is 0 Å². The molecule has 0 spiro atoms. The predicted octanol–water partition coefficient (Wildman–Crippen LogP) is 0.134. The molecule has 0 saturated carbocycles. The van der Waals surface area contributed by atoms with Gasteiger partial charge < -0.3 is 10.8 Å². The molecule has 5 heteroatoms. The van der Waals surface area contributed by atoms with Gasteiger partial charge in [-0.1, -0.05) is 18.2 Å². The van der Waals surface area contributed by atoms with Crippen LogP contribution in [-0.2, 0) is 9.84 Å². The van der Waals surface area contributed by atoms with Gasteiger partial charge in [0.05, 0.1) is 17.5 Å². The molecule has 2 rings (SSSR count). The van der Waals surface area contributed by atoms with Gasteiger partial charge in [0.1, 0.15) is 0 Å². The van der Waals surface area contributed by atoms with Crippen molar-refractivity contribution in [3.63, 3.8) is 0 Å². The third-order valence-corrected chi connectivity index (χ3v) is 3.92. The summed E-state index contributed by atoms with van der Waals surface area (Å²) in [7, 11) is -3.36. The zero-order valence-corrected chi connectivity index (χ0v) is 8.74. The number of rotatable bonds is 2. The van der Waals surface area contributed by atoms with E-state index in [0.717, 1.165) is 5.41 Å². The Labute approximate surface area is 88.0 Å². The highest BCUT2D eigenvalue weighted by atomic mass is 32.2. The topological polar surface area (TPSA) is 80.4 Å². The molecule has 3 N–H and O–H groups in total. The molecule has 1 aromatic carbocycles. The van der Waals surface area contributed by atoms with Gasteiger partial charge in [-0.05, 0) is 17.2 Å². The third-order valence-electron chi connectivity index (χ3n) is 2.38. The maximum atomic E-state index is 11.7. The van der Waals surface area contributed by atoms with Crippen LogP contribution in [0.25, 0.3) is 5.57 Å². The molecule has 0 amide bonds. The van der Waals surface area contributed by atoms with E-state index in [9.17, 15) is 8.42 Å². The first kappa shape index (κ1) is 10.4. The van der Waals surface area contributed by atoms with Crippen molar-refractivity contribution in [2.45, 2.75) is 10.9 Å². The second kappa shape index (κ2) is 3.44. The van der Waals surface area contributed by atoms with Crippen molar-refractivity contribution in [3.8, 4) is 0 Å². The van der Waals surface area contributed by atoms with E-state index in [0.29, 0.717) is 11.1 Å². The van der Waals surface area contributed by atoms with Crippen LogP contribution in [0, 0.1) is 0 Å². The first-order valence-corrected chi connectivity index (χ1v) is 6.03. The predicted molar refractivity (Wildman–Crippen MR) is 56.7 cm³/mol. The van der Waals surface area contributed by atoms with Crippen molar-refractivity contribution in [3.05, 3.63) is 35.2 Å². The molecular weight excluding hydrogens is 214 g/mol. The molecule has 4 nitrogen and oxygen atoms in total. The number of aliphatic hydroxyl groups excluding tert-OH is 1. The lowest BCUT2D eigenvalue weighted by atomic mass is 10.0. The average molecular weight is 225 g/mol. The molecule has 1 aliphatic rings. The van der Waals surface area contributed by atoms with Crippen LogP contribution in [0.5, 0.6) is 0 Å². The van der Waals surface area contributed by atoms with Crippen LogP contribution in [0.4, 0.5) is 0 Å². The molecule has 1 unspecified atom stereocenters. The lowest BCUT2D eigenvalue weighted by Crippen LogP contribution is -2.25. The van der Waals surface area contributed by atoms with Crippen LogP contribution in [0.1, 0.15) is 5.56 Å². The number of hydrogen-bond acceptors (Lipinski definition) is 4. The Morgan fingerprint density at radius 3 is 2.67 bits per heavy atom. The number of sulfone groups is 1. The molecule has 0 aromatic heterocycles. The summed E-state index contributed by atoms with van der Waals surface area (Å²) >= 11 is 0. The minimum absolute atomic E-state index is 0.268. The molecule has 0 radical (unpaired) electrons. The van der Waals surface area contributed by atoms with E-state index < -0.39 is 15.9 Å². The molecule has 1 atom stereocenters. The van der Waals surface area contributed by atoms with Crippen molar-refractivity contribution in [2.24, 2.45) is 5.73 Å². The minimum Gasteiger partial charge on any atom is -0.394 e. The van der Waals surface area contributed by atoms with Gasteiger partial charge in [0.2, 0.25) is 9.84 Å². The highest BCUT2D eigenvalue weighted by Gasteiger charge is 2.28. The number of benzene rings is 1. The lowest BCUT2D eigenvalue weighted by Gasteiger charge is -2.09. The summed E-state index contributed by atoms with van der Waals surface area (Å²) in [4.78, 5) is 0.268. The maximum absolute atomic E-state index is 11.7. The molecule has 1 aromatic rings. The van der Waals surface area contributed by atoms with Crippen LogP contribution >= 0.6 is 0 Å². The number of aliphatic hydroxyl groups is 1. The highest BCUT2D eigenvalue weighted by molar-refractivity contribution is 7.95. The summed E-state index contributed by atoms with van der Waals surface area (Å²) in [6.07, 6.45) is 0. The second-order valence-electron chi connectivity index (χ2n) is 3.40. The van der Waals surface area contributed by atoms with E-state index in [1.54, 1.807) is 18.2 Å². The average Bonchev–Trinajstić information content (AvgIpc) is 2.51. The van der Waals surface area contributed by atoms with Gasteiger partial charge in [-0.15, -0.1) is 0 Å². The standard InChI is InChI=1S/C10H11NO3S/c11-9(5-12)8-6-15(13,14)10-4-2-1-3-7(8)10/h1-4,6,9,12H,5,11H2. The van der Waals surface area contributed by atoms with E-state index in [-0.39, 0.29) is 11.5 Å². The summed E-state index contributed by atoms with van der Waals surface area (Å²) in [5.74, 6) is 0. The van der Waals surface area contributed by atoms with Crippen LogP contribution < -0.4 is 5.73 Å². The number of fused-ring (bicyclic) bond motifs is 1. The van der Waals surface area contributed by atoms with Crippen molar-refractivity contribution < 1.29 is 13.5 Å². The molecule has 1 heterocycles. The summed E-state index contributed by atoms with van der Waals surface area (Å²) in [6, 6.07) is 6.00. The van der Waals surface area contributed by atoms with Crippen LogP contribution in [0.15, 0.2) is 34.6 Å². The molecule has 0 fully saturated rings. The Kier molecular flexibility index (Phi) is 2.38. The molecule has 0 saturated heterocycles. The van der Waals surface area contributed by atoms with Gasteiger partial charge in [0.15, 0.2) is 0 Å². The zero-order chi connectivity index (χ0) is 11.1. The van der Waals surface area contributed by atoms with Gasteiger partial charge in [-0.2, -0.15) is 0 Å². The van der Waals surface area contributed by atoms with Crippen LogP contribution in [0.3, 0.4) is 0 Å². The van der Waals surface area contributed by atoms with Gasteiger partial charge in [-0.25, -0.2) is 8.42 Å². The van der Waals surface area contributed by atoms with Gasteiger partial charge in [0.25, 0.3) is 0 Å². The van der Waals surface area contributed by atoms with Crippen molar-refractivity contribution >= 4 is 15.4 Å². The smallest absolute Gasteiger partial charge is 0.200 e. The van der Waals surface area contributed by atoms with Crippen LogP contribution in [0.2, 0.25) is 0 Å². The van der Waals surface area contributed by atoms with E-state index in [2.05, 4.69) is 0 Å². The first-order valence-electron chi connectivity index (χ1n) is 4.49. The largest absolute Gasteiger partial charge is 0.394 e. The second-order valence-corrected chi connectivity index (χ2v) is 5.17. The van der Waals surface area contributed by atoms with E-state index in [1.165, 1.54) is 6.07 Å². The Balaban J connectivity index is 2.63. The van der Waals surface area contributed by atoms with E-state index in [1.807, 2.05) is 0 Å². The van der Waals surface area contributed by atoms with E-state index >= 15 is 0 Å². The highest BCUT2D eigenvalue weighted by Crippen LogP contribution is 2.34.